The molecule has 1 amide bonds. The standard InChI is InChI=1S/C13H21N3O2/c1-10-11(6-5-7-14-10)15-8-9-16-12(17)18-13(2,3)4/h5-7,15H,8-9H2,1-4H3,(H,16,17). The predicted octanol–water partition coefficient (Wildman–Crippen LogP) is 2.33. The Bertz CT molecular complexity index is 399. The van der Waals surface area contributed by atoms with E-state index in [1.807, 2.05) is 39.8 Å². The van der Waals surface area contributed by atoms with E-state index in [2.05, 4.69) is 15.6 Å². The fourth-order valence-corrected chi connectivity index (χ4v) is 1.35. The maximum absolute atomic E-state index is 11.4. The number of hydrogen-bond acceptors (Lipinski definition) is 4. The van der Waals surface area contributed by atoms with Gasteiger partial charge in [0, 0.05) is 19.3 Å². The fraction of sp³-hybridized carbons (Fsp3) is 0.538. The Labute approximate surface area is 108 Å². The van der Waals surface area contributed by atoms with Crippen molar-refractivity contribution in [1.29, 1.82) is 0 Å². The van der Waals surface area contributed by atoms with E-state index in [-0.39, 0.29) is 0 Å². The summed E-state index contributed by atoms with van der Waals surface area (Å²) >= 11 is 0. The lowest BCUT2D eigenvalue weighted by atomic mass is 10.2. The molecule has 0 fully saturated rings. The number of rotatable bonds is 4. The first kappa shape index (κ1) is 14.3. The zero-order valence-corrected chi connectivity index (χ0v) is 11.4. The van der Waals surface area contributed by atoms with E-state index in [1.165, 1.54) is 0 Å². The van der Waals surface area contributed by atoms with Crippen LogP contribution in [0.25, 0.3) is 0 Å². The highest BCUT2D eigenvalue weighted by atomic mass is 16.6. The van der Waals surface area contributed by atoms with Crippen LogP contribution < -0.4 is 10.6 Å². The minimum atomic E-state index is -0.461. The number of aromatic nitrogens is 1. The Morgan fingerprint density at radius 2 is 2.11 bits per heavy atom. The van der Waals surface area contributed by atoms with Crippen LogP contribution in [0.4, 0.5) is 10.5 Å². The number of amides is 1. The Balaban J connectivity index is 2.23. The van der Waals surface area contributed by atoms with Crippen LogP contribution in [0.15, 0.2) is 18.3 Å². The van der Waals surface area contributed by atoms with Crippen LogP contribution in [0, 0.1) is 6.92 Å². The van der Waals surface area contributed by atoms with E-state index < -0.39 is 11.7 Å². The number of pyridine rings is 1. The van der Waals surface area contributed by atoms with Crippen molar-refractivity contribution in [2.24, 2.45) is 0 Å². The van der Waals surface area contributed by atoms with Gasteiger partial charge in [-0.25, -0.2) is 4.79 Å². The molecule has 0 saturated carbocycles. The predicted molar refractivity (Wildman–Crippen MR) is 71.7 cm³/mol. The normalized spacial score (nSPS) is 10.9. The molecule has 100 valence electrons. The lowest BCUT2D eigenvalue weighted by Crippen LogP contribution is -2.35. The molecule has 0 radical (unpaired) electrons. The molecule has 0 unspecified atom stereocenters. The van der Waals surface area contributed by atoms with Crippen molar-refractivity contribution < 1.29 is 9.53 Å². The zero-order valence-electron chi connectivity index (χ0n) is 11.4. The molecule has 5 nitrogen and oxygen atoms in total. The van der Waals surface area contributed by atoms with Crippen molar-refractivity contribution in [3.8, 4) is 0 Å². The third kappa shape index (κ3) is 5.52. The van der Waals surface area contributed by atoms with Crippen LogP contribution in [0.2, 0.25) is 0 Å². The second-order valence-electron chi connectivity index (χ2n) is 4.99. The van der Waals surface area contributed by atoms with Gasteiger partial charge in [-0.1, -0.05) is 0 Å². The number of ether oxygens (including phenoxy) is 1. The quantitative estimate of drug-likeness (QED) is 0.806. The van der Waals surface area contributed by atoms with Crippen molar-refractivity contribution >= 4 is 11.8 Å². The first-order valence-corrected chi connectivity index (χ1v) is 6.01. The average molecular weight is 251 g/mol. The molecule has 2 N–H and O–H groups in total. The van der Waals surface area contributed by atoms with Gasteiger partial charge >= 0.3 is 6.09 Å². The van der Waals surface area contributed by atoms with E-state index >= 15 is 0 Å². The van der Waals surface area contributed by atoms with Crippen molar-refractivity contribution in [3.05, 3.63) is 24.0 Å². The Morgan fingerprint density at radius 3 is 2.72 bits per heavy atom. The Hall–Kier alpha value is -1.78. The molecule has 0 saturated heterocycles. The van der Waals surface area contributed by atoms with Gasteiger partial charge in [-0.05, 0) is 39.8 Å². The molecule has 0 aliphatic carbocycles. The average Bonchev–Trinajstić information content (AvgIpc) is 2.24. The Morgan fingerprint density at radius 1 is 1.39 bits per heavy atom. The molecule has 0 aliphatic heterocycles. The number of nitrogens with one attached hydrogen (secondary N) is 2. The summed E-state index contributed by atoms with van der Waals surface area (Å²) in [4.78, 5) is 15.5. The molecule has 0 atom stereocenters. The van der Waals surface area contributed by atoms with Gasteiger partial charge in [0.1, 0.15) is 5.60 Å². The number of nitrogens with zero attached hydrogens (tertiary/aromatic N) is 1. The van der Waals surface area contributed by atoms with Crippen LogP contribution in [0.1, 0.15) is 26.5 Å². The molecule has 0 aromatic carbocycles. The highest BCUT2D eigenvalue weighted by Gasteiger charge is 2.15. The topological polar surface area (TPSA) is 63.2 Å². The highest BCUT2D eigenvalue weighted by Crippen LogP contribution is 2.09. The van der Waals surface area contributed by atoms with Gasteiger partial charge in [-0.15, -0.1) is 0 Å². The molecule has 5 heteroatoms. The van der Waals surface area contributed by atoms with Crippen molar-refractivity contribution in [2.75, 3.05) is 18.4 Å². The SMILES string of the molecule is Cc1ncccc1NCCNC(=O)OC(C)(C)C. The van der Waals surface area contributed by atoms with Gasteiger partial charge in [0.25, 0.3) is 0 Å². The molecule has 1 rings (SSSR count). The third-order valence-corrected chi connectivity index (χ3v) is 2.12. The van der Waals surface area contributed by atoms with Gasteiger partial charge in [0.2, 0.25) is 0 Å². The number of carbonyl (C=O) groups excluding carboxylic acids is 1. The first-order chi connectivity index (χ1) is 8.38. The lowest BCUT2D eigenvalue weighted by molar-refractivity contribution is 0.0530. The first-order valence-electron chi connectivity index (χ1n) is 6.01. The molecule has 1 aromatic heterocycles. The maximum atomic E-state index is 11.4. The van der Waals surface area contributed by atoms with Crippen LogP contribution in [0.3, 0.4) is 0 Å². The largest absolute Gasteiger partial charge is 0.444 e. The summed E-state index contributed by atoms with van der Waals surface area (Å²) in [6.07, 6.45) is 1.35. The molecule has 1 heterocycles. The molecule has 18 heavy (non-hydrogen) atoms. The minimum Gasteiger partial charge on any atom is -0.444 e. The smallest absolute Gasteiger partial charge is 0.407 e. The second kappa shape index (κ2) is 6.23. The van der Waals surface area contributed by atoms with Crippen molar-refractivity contribution in [2.45, 2.75) is 33.3 Å². The minimum absolute atomic E-state index is 0.396. The third-order valence-electron chi connectivity index (χ3n) is 2.12. The van der Waals surface area contributed by atoms with E-state index in [0.717, 1.165) is 11.4 Å². The van der Waals surface area contributed by atoms with Crippen LogP contribution in [-0.2, 0) is 4.74 Å². The van der Waals surface area contributed by atoms with E-state index in [4.69, 9.17) is 4.74 Å². The van der Waals surface area contributed by atoms with Crippen molar-refractivity contribution in [3.63, 3.8) is 0 Å². The van der Waals surface area contributed by atoms with Crippen LogP contribution >= 0.6 is 0 Å². The number of hydrogen-bond donors (Lipinski definition) is 2. The van der Waals surface area contributed by atoms with Gasteiger partial charge in [-0.3, -0.25) is 4.98 Å². The fourth-order valence-electron chi connectivity index (χ4n) is 1.35. The summed E-state index contributed by atoms with van der Waals surface area (Å²) in [6.45, 7) is 8.58. The van der Waals surface area contributed by atoms with E-state index in [1.54, 1.807) is 6.20 Å². The molecular weight excluding hydrogens is 230 g/mol. The highest BCUT2D eigenvalue weighted by molar-refractivity contribution is 5.67. The number of anilines is 1. The molecular formula is C13H21N3O2. The second-order valence-corrected chi connectivity index (χ2v) is 4.99. The van der Waals surface area contributed by atoms with Gasteiger partial charge in [-0.2, -0.15) is 0 Å². The number of aryl methyl sites for hydroxylation is 1. The monoisotopic (exact) mass is 251 g/mol. The Kier molecular flexibility index (Phi) is 4.95. The van der Waals surface area contributed by atoms with Crippen LogP contribution in [0.5, 0.6) is 0 Å². The van der Waals surface area contributed by atoms with Gasteiger partial charge in [0.05, 0.1) is 11.4 Å². The van der Waals surface area contributed by atoms with E-state index in [0.29, 0.717) is 13.1 Å². The number of carbonyl (C=O) groups is 1. The molecule has 1 aromatic rings. The molecule has 0 spiro atoms. The maximum Gasteiger partial charge on any atom is 0.407 e. The summed E-state index contributed by atoms with van der Waals surface area (Å²) < 4.78 is 5.12. The summed E-state index contributed by atoms with van der Waals surface area (Å²) in [5.41, 5.74) is 1.45. The summed E-state index contributed by atoms with van der Waals surface area (Å²) in [6, 6.07) is 3.83. The molecule has 0 bridgehead atoms. The van der Waals surface area contributed by atoms with E-state index in [9.17, 15) is 4.79 Å². The molecule has 0 aliphatic rings. The summed E-state index contributed by atoms with van der Waals surface area (Å²) in [5.74, 6) is 0. The number of alkyl carbamates (subject to hydrolysis) is 1. The van der Waals surface area contributed by atoms with Gasteiger partial charge < -0.3 is 15.4 Å². The van der Waals surface area contributed by atoms with Crippen LogP contribution in [-0.4, -0.2) is 29.8 Å². The van der Waals surface area contributed by atoms with Crippen molar-refractivity contribution in [1.82, 2.24) is 10.3 Å². The lowest BCUT2D eigenvalue weighted by Gasteiger charge is -2.19. The summed E-state index contributed by atoms with van der Waals surface area (Å²) in [5, 5.41) is 5.88. The summed E-state index contributed by atoms with van der Waals surface area (Å²) in [7, 11) is 0. The zero-order chi connectivity index (χ0) is 13.6. The van der Waals surface area contributed by atoms with Gasteiger partial charge in [0.15, 0.2) is 0 Å².